The Balaban J connectivity index is -0.000000569. The molecule has 3 N–H and O–H groups in total. The molecular formula is C41H54N3Na9O21. The Kier molecular flexibility index (Phi) is 70.0. The number of hydrogen-bond acceptors (Lipinski definition) is 21. The predicted molar refractivity (Wildman–Crippen MR) is 197 cm³/mol. The van der Waals surface area contributed by atoms with E-state index < -0.39 is 228 Å². The van der Waals surface area contributed by atoms with Gasteiger partial charge in [0, 0.05) is 89.6 Å². The fourth-order valence-corrected chi connectivity index (χ4v) is 7.46. The van der Waals surface area contributed by atoms with E-state index in [1.165, 1.54) is 6.92 Å². The molecule has 368 valence electrons. The van der Waals surface area contributed by atoms with E-state index >= 15 is 0 Å². The fraction of sp³-hybridized carbons (Fsp3) is 0.707. The van der Waals surface area contributed by atoms with E-state index in [0.29, 0.717) is 0 Å². The number of nitrogens with one attached hydrogen (secondary N) is 3. The van der Waals surface area contributed by atoms with Crippen LogP contribution in [0.3, 0.4) is 0 Å². The second-order valence-corrected chi connectivity index (χ2v) is 16.6. The first kappa shape index (κ1) is 98.7. The molecule has 0 rings (SSSR count). The molecule has 0 aliphatic heterocycles. The van der Waals surface area contributed by atoms with Gasteiger partial charge in [-0.05, 0) is 140 Å². The average molecular weight is 1130 g/mol. The molecule has 74 heavy (non-hydrogen) atoms. The minimum Gasteiger partial charge on any atom is -0.550 e. The number of aliphatic carboxylic acids is 9. The van der Waals surface area contributed by atoms with Gasteiger partial charge < -0.3 is 105 Å². The largest absolute Gasteiger partial charge is 1.00 e. The molecule has 0 aromatic carbocycles. The first-order valence-corrected chi connectivity index (χ1v) is 20.8. The van der Waals surface area contributed by atoms with Crippen molar-refractivity contribution in [2.24, 2.45) is 5.41 Å². The van der Waals surface area contributed by atoms with Gasteiger partial charge in [0.25, 0.3) is 0 Å². The summed E-state index contributed by atoms with van der Waals surface area (Å²) in [5.74, 6) is -17.1. The summed E-state index contributed by atoms with van der Waals surface area (Å²) in [5, 5.41) is 110. The summed E-state index contributed by atoms with van der Waals surface area (Å²) >= 11 is 0. The molecule has 0 bridgehead atoms. The van der Waals surface area contributed by atoms with Crippen LogP contribution in [0.1, 0.15) is 161 Å². The number of carboxylic acid groups (broad SMARTS) is 9. The van der Waals surface area contributed by atoms with Crippen LogP contribution in [0.5, 0.6) is 0 Å². The maximum Gasteiger partial charge on any atom is 1.00 e. The minimum absolute atomic E-state index is 0. The summed E-state index contributed by atoms with van der Waals surface area (Å²) in [6.45, 7) is 1.49. The number of rotatable bonds is 39. The van der Waals surface area contributed by atoms with Gasteiger partial charge in [0.15, 0.2) is 0 Å². The molecule has 0 aromatic rings. The molecule has 0 aliphatic carbocycles. The number of hydrogen-bond donors (Lipinski definition) is 3. The van der Waals surface area contributed by atoms with Crippen molar-refractivity contribution in [1.29, 1.82) is 0 Å². The van der Waals surface area contributed by atoms with Crippen LogP contribution >= 0.6 is 0 Å². The first-order valence-electron chi connectivity index (χ1n) is 20.8. The standard InChI is InChI=1S/C41H63N3O21.9Na/c1-38(14-2-26(45)42-39(17-5-29(48)49,18-6-30(50)51)19-7-31(52)53,15-3-27(46)43-40(20-8-32(54)55,21-9-33(56)57)22-10-34(58)59)16-4-28(47)44-41(23-11-35(60)61,24-12-36(62)63)25-13-37(64)65;;;;;;;;;/h2-25H2,1H3,(H,42,45)(H,43,46)(H,44,47)(H,48,49)(H,50,51)(H,52,53)(H,54,55)(H,56,57)(H,58,59)(H,60,61)(H,62,63)(H,64,65);;;;;;;;;/q;9*+1/p-9. The van der Waals surface area contributed by atoms with Crippen LogP contribution in [0, 0.1) is 5.41 Å². The molecule has 0 saturated heterocycles. The smallest absolute Gasteiger partial charge is 0.550 e. The van der Waals surface area contributed by atoms with Crippen molar-refractivity contribution in [3.05, 3.63) is 0 Å². The number of amides is 3. The summed E-state index contributed by atoms with van der Waals surface area (Å²) in [6.07, 6.45) is -13.3. The molecule has 0 fully saturated rings. The van der Waals surface area contributed by atoms with Crippen molar-refractivity contribution in [3.8, 4) is 0 Å². The second-order valence-electron chi connectivity index (χ2n) is 16.6. The van der Waals surface area contributed by atoms with Crippen molar-refractivity contribution in [2.75, 3.05) is 0 Å². The van der Waals surface area contributed by atoms with Crippen LogP contribution in [0.15, 0.2) is 0 Å². The molecule has 0 unspecified atom stereocenters. The van der Waals surface area contributed by atoms with E-state index in [2.05, 4.69) is 16.0 Å². The summed E-state index contributed by atoms with van der Waals surface area (Å²) < 4.78 is 0. The van der Waals surface area contributed by atoms with Gasteiger partial charge in [-0.2, -0.15) is 0 Å². The third-order valence-corrected chi connectivity index (χ3v) is 11.3. The summed E-state index contributed by atoms with van der Waals surface area (Å²) in [6, 6.07) is 0. The van der Waals surface area contributed by atoms with Crippen molar-refractivity contribution in [1.82, 2.24) is 16.0 Å². The van der Waals surface area contributed by atoms with Crippen LogP contribution < -0.4 is 328 Å². The fourth-order valence-electron chi connectivity index (χ4n) is 7.46. The molecule has 0 aliphatic rings. The summed E-state index contributed by atoms with van der Waals surface area (Å²) in [5.41, 5.74) is -6.52. The number of carboxylic acids is 9. The molecule has 33 heteroatoms. The van der Waals surface area contributed by atoms with E-state index in [-0.39, 0.29) is 285 Å². The monoisotopic (exact) mass is 1130 g/mol. The molecular weight excluding hydrogens is 1080 g/mol. The molecule has 0 aromatic heterocycles. The maximum atomic E-state index is 13.6. The topological polar surface area (TPSA) is 448 Å². The maximum absolute atomic E-state index is 13.6. The Bertz CT molecular complexity index is 1440. The van der Waals surface area contributed by atoms with Gasteiger partial charge in [-0.25, -0.2) is 0 Å². The Morgan fingerprint density at radius 1 is 0.243 bits per heavy atom. The van der Waals surface area contributed by atoms with E-state index in [9.17, 15) is 103 Å². The SMILES string of the molecule is CC(CCC(=O)NC(CCC(=O)[O-])(CCC(=O)[O-])CCC(=O)[O-])(CCC(=O)NC(CCC(=O)[O-])(CCC(=O)[O-])CCC(=O)[O-])CCC(=O)NC(CCC(=O)[O-])(CCC(=O)[O-])CCC(=O)[O-].[Na+].[Na+].[Na+].[Na+].[Na+].[Na+].[Na+].[Na+].[Na+]. The minimum atomic E-state index is -1.75. The van der Waals surface area contributed by atoms with Crippen LogP contribution in [0.2, 0.25) is 0 Å². The Morgan fingerprint density at radius 2 is 0.365 bits per heavy atom. The first-order chi connectivity index (χ1) is 30.1. The van der Waals surface area contributed by atoms with Crippen LogP contribution in [-0.4, -0.2) is 88.1 Å². The molecule has 0 heterocycles. The zero-order chi connectivity index (χ0) is 50.0. The predicted octanol–water partition coefficient (Wildman–Crippen LogP) is -36.3. The zero-order valence-corrected chi connectivity index (χ0v) is 63.0. The van der Waals surface area contributed by atoms with Gasteiger partial charge >= 0.3 is 266 Å². The molecule has 0 spiro atoms. The van der Waals surface area contributed by atoms with Crippen LogP contribution in [0.4, 0.5) is 0 Å². The number of carbonyl (C=O) groups excluding carboxylic acids is 12. The quantitative estimate of drug-likeness (QED) is 0.0481. The Hall–Kier alpha value is 2.64. The van der Waals surface area contributed by atoms with Gasteiger partial charge in [-0.3, -0.25) is 14.4 Å². The Morgan fingerprint density at radius 3 is 0.473 bits per heavy atom. The van der Waals surface area contributed by atoms with E-state index in [4.69, 9.17) is 0 Å². The second kappa shape index (κ2) is 52.4. The summed E-state index contributed by atoms with van der Waals surface area (Å²) in [4.78, 5) is 143. The van der Waals surface area contributed by atoms with Gasteiger partial charge in [0.1, 0.15) is 0 Å². The van der Waals surface area contributed by atoms with Crippen LogP contribution in [-0.2, 0) is 57.5 Å². The van der Waals surface area contributed by atoms with E-state index in [0.717, 1.165) is 0 Å². The molecule has 24 nitrogen and oxygen atoms in total. The number of carbonyl (C=O) groups is 12. The van der Waals surface area contributed by atoms with Crippen molar-refractivity contribution in [3.63, 3.8) is 0 Å². The van der Waals surface area contributed by atoms with E-state index in [1.807, 2.05) is 0 Å². The molecule has 0 radical (unpaired) electrons. The van der Waals surface area contributed by atoms with Gasteiger partial charge in [-0.15, -0.1) is 0 Å². The third kappa shape index (κ3) is 50.4. The summed E-state index contributed by atoms with van der Waals surface area (Å²) in [7, 11) is 0. The van der Waals surface area contributed by atoms with Crippen molar-refractivity contribution in [2.45, 2.75) is 178 Å². The zero-order valence-electron chi connectivity index (χ0n) is 45.0. The Labute approximate surface area is 629 Å². The van der Waals surface area contributed by atoms with Gasteiger partial charge in [0.2, 0.25) is 17.7 Å². The van der Waals surface area contributed by atoms with Gasteiger partial charge in [0.05, 0.1) is 0 Å². The molecule has 0 saturated carbocycles. The third-order valence-electron chi connectivity index (χ3n) is 11.3. The molecule has 0 atom stereocenters. The van der Waals surface area contributed by atoms with E-state index in [1.54, 1.807) is 0 Å². The normalized spacial score (nSPS) is 10.3. The van der Waals surface area contributed by atoms with Crippen LogP contribution in [0.25, 0.3) is 0 Å². The average Bonchev–Trinajstić information content (AvgIpc) is 3.20. The molecule has 3 amide bonds. The van der Waals surface area contributed by atoms with Gasteiger partial charge in [-0.1, -0.05) is 6.92 Å². The van der Waals surface area contributed by atoms with Crippen molar-refractivity contribution >= 4 is 71.4 Å². The van der Waals surface area contributed by atoms with Crippen molar-refractivity contribution < 1.29 is 370 Å².